The summed E-state index contributed by atoms with van der Waals surface area (Å²) in [6, 6.07) is 29.6. The standard InChI is InChI=1S/C27H37N3O7S.C20H29N3O3S.C11H13NO7.4HI.V/c1-18(2)15-30(38(33,34)21-10-8-20(28)9-11-21)16-24(31)23(14-19-6-4-3-5-7-19)29-27(32)37-25-17-36-26-22(25)12-13-35-26;1-15(2)13-23(27(25,26)18-10-8-17(21)9-11-18)14-20(24)19(22)12-16-6-4-3-5-7-16;13-8-1-2-9(14)12(8)19-11(15)18-7-5-17-10-6(7)3-4-16-10;;;;;/h3-11,18,22-26,31H,12-17,28H2,1-2H3,(H,29,32);3-11,15,19-20,24H,12-14,21-22H2,1-2H3;6-7,10H,1-5H2;4*1H;/q;;;;;;;+3/p-3/t22-,23-,24+,25-,26+;19-,20+;6-,7-,10+;;;;;/m000...../s1. The van der Waals surface area contributed by atoms with E-state index in [9.17, 15) is 46.2 Å². The van der Waals surface area contributed by atoms with E-state index in [1.54, 1.807) is 12.1 Å². The van der Waals surface area contributed by atoms with Crippen LogP contribution in [-0.4, -0.2) is 166 Å². The molecule has 0 saturated carbocycles. The number of nitrogens with one attached hydrogen (secondary N) is 1. The number of hydroxylamine groups is 2. The molecule has 5 saturated heterocycles. The number of rotatable bonds is 22. The van der Waals surface area contributed by atoms with E-state index in [1.807, 2.05) is 88.4 Å². The van der Waals surface area contributed by atoms with Gasteiger partial charge in [0.1, 0.15) is 12.2 Å². The number of aliphatic hydroxyl groups is 2. The van der Waals surface area contributed by atoms with Crippen LogP contribution in [0, 0.1) is 23.7 Å². The molecule has 5 fully saturated rings. The van der Waals surface area contributed by atoms with Crippen LogP contribution in [0.25, 0.3) is 0 Å². The molecule has 5 aliphatic rings. The Kier molecular flexibility index (Phi) is 32.3. The minimum absolute atomic E-state index is 0. The van der Waals surface area contributed by atoms with Gasteiger partial charge in [0.05, 0.1) is 66.3 Å². The number of nitrogens with zero attached hydrogens (tertiary/aromatic N) is 3. The summed E-state index contributed by atoms with van der Waals surface area (Å²) in [5, 5.41) is 25.1. The van der Waals surface area contributed by atoms with Gasteiger partial charge in [0.25, 0.3) is 11.8 Å². The van der Waals surface area contributed by atoms with Crippen molar-refractivity contribution in [2.75, 3.05) is 64.1 Å². The van der Waals surface area contributed by atoms with Gasteiger partial charge in [-0.15, -0.1) is 24.0 Å². The molecule has 494 valence electrons. The molecule has 3 amide bonds. The predicted octanol–water partition coefficient (Wildman–Crippen LogP) is 7.46. The van der Waals surface area contributed by atoms with Crippen molar-refractivity contribution in [3.63, 3.8) is 0 Å². The third-order valence-electron chi connectivity index (χ3n) is 14.5. The van der Waals surface area contributed by atoms with E-state index in [1.165, 1.54) is 45.0 Å². The Bertz CT molecular complexity index is 3070. The van der Waals surface area contributed by atoms with Crippen LogP contribution >= 0.6 is 83.9 Å². The molecule has 5 aliphatic heterocycles. The van der Waals surface area contributed by atoms with E-state index in [4.69, 9.17) is 45.6 Å². The molecule has 31 heteroatoms. The van der Waals surface area contributed by atoms with Gasteiger partial charge in [-0.3, -0.25) is 14.4 Å². The number of ether oxygens (including phenoxy) is 6. The zero-order valence-corrected chi connectivity index (χ0v) is 61.5. The first-order chi connectivity index (χ1) is 41.7. The third kappa shape index (κ3) is 24.2. The fourth-order valence-electron chi connectivity index (χ4n) is 10.1. The molecule has 4 aromatic rings. The van der Waals surface area contributed by atoms with E-state index < -0.39 is 80.6 Å². The SMILES string of the molecule is CC(C)CN(C[C@@H](O)[C@@H](N)Cc1ccccc1)S(=O)(=O)c1ccc(N)cc1.CC(C)CN(C[C@@H](O)[C@H](Cc1ccccc1)NC(=O)O[C@H]1CO[C@H]2OCC[C@H]21)S(=O)(=O)c1ccc(N)cc1.I.O=C(O[C@H]1CO[C@H]2OCC[C@H]21)ON1C(=O)CCC1=O.[I][V]([I])[I]. The third-order valence-corrected chi connectivity index (χ3v) is 18.2. The molecule has 0 bridgehead atoms. The number of aliphatic hydroxyl groups excluding tert-OH is 2. The Morgan fingerprint density at radius 1 is 0.640 bits per heavy atom. The van der Waals surface area contributed by atoms with Crippen molar-refractivity contribution >= 4 is 139 Å². The molecule has 24 nitrogen and oxygen atoms in total. The number of hydrogen-bond donors (Lipinski definition) is 6. The number of hydrogen-bond acceptors (Lipinski definition) is 20. The van der Waals surface area contributed by atoms with Crippen LogP contribution in [0.15, 0.2) is 119 Å². The molecule has 10 atom stereocenters. The molecular formula is C58H80I4N7O17S2V. The number of anilines is 2. The van der Waals surface area contributed by atoms with Crippen LogP contribution in [0.1, 0.15) is 64.5 Å². The van der Waals surface area contributed by atoms with E-state index in [-0.39, 0.29) is 127 Å². The zero-order chi connectivity index (χ0) is 64.3. The quantitative estimate of drug-likeness (QED) is 0.0192. The van der Waals surface area contributed by atoms with Crippen molar-refractivity contribution in [2.45, 2.75) is 125 Å². The van der Waals surface area contributed by atoms with Gasteiger partial charge in [-0.1, -0.05) is 93.4 Å². The Labute approximate surface area is 575 Å². The Balaban J connectivity index is 0.000000247. The summed E-state index contributed by atoms with van der Waals surface area (Å²) < 4.78 is 88.0. The van der Waals surface area contributed by atoms with E-state index >= 15 is 0 Å². The van der Waals surface area contributed by atoms with E-state index in [0.29, 0.717) is 42.6 Å². The fraction of sp³-hybridized carbons (Fsp3) is 0.517. The van der Waals surface area contributed by atoms with Crippen molar-refractivity contribution < 1.29 is 84.4 Å². The maximum atomic E-state index is 13.5. The van der Waals surface area contributed by atoms with Gasteiger partial charge in [0.2, 0.25) is 20.0 Å². The Hall–Kier alpha value is -2.80. The number of halogens is 4. The Morgan fingerprint density at radius 2 is 1.04 bits per heavy atom. The van der Waals surface area contributed by atoms with Crippen LogP contribution in [0.2, 0.25) is 0 Å². The number of nitrogens with two attached hydrogens (primary N) is 3. The van der Waals surface area contributed by atoms with Crippen molar-refractivity contribution in [2.24, 2.45) is 29.4 Å². The van der Waals surface area contributed by atoms with Gasteiger partial charge in [0.15, 0.2) is 12.6 Å². The van der Waals surface area contributed by atoms with E-state index in [2.05, 4.69) is 70.1 Å². The summed E-state index contributed by atoms with van der Waals surface area (Å²) in [7, 11) is -7.68. The second-order valence-corrected chi connectivity index (χ2v) is 61.5. The number of carbonyl (C=O) groups excluding carboxylic acids is 4. The molecule has 0 spiro atoms. The molecular weight excluding hydrogens is 1690 g/mol. The fourth-order valence-corrected chi connectivity index (χ4v) is 13.3. The number of amides is 3. The number of nitrogen functional groups attached to an aromatic ring is 2. The van der Waals surface area contributed by atoms with Crippen molar-refractivity contribution in [3.8, 4) is 0 Å². The number of benzene rings is 4. The molecule has 9 rings (SSSR count). The van der Waals surface area contributed by atoms with Crippen molar-refractivity contribution in [1.29, 1.82) is 0 Å². The summed E-state index contributed by atoms with van der Waals surface area (Å²) >= 11 is 7.39. The first kappa shape index (κ1) is 76.9. The molecule has 9 N–H and O–H groups in total. The molecule has 0 aromatic heterocycles. The second-order valence-electron chi connectivity index (χ2n) is 22.3. The van der Waals surface area contributed by atoms with Crippen LogP contribution in [0.4, 0.5) is 21.0 Å². The van der Waals surface area contributed by atoms with Gasteiger partial charge in [-0.05, 0) is 97.2 Å². The van der Waals surface area contributed by atoms with Gasteiger partial charge >= 0.3 is 77.1 Å². The summed E-state index contributed by atoms with van der Waals surface area (Å²) in [4.78, 5) is 51.6. The van der Waals surface area contributed by atoms with Crippen LogP contribution in [-0.2, 0) is 80.7 Å². The Morgan fingerprint density at radius 3 is 1.47 bits per heavy atom. The van der Waals surface area contributed by atoms with Crippen LogP contribution < -0.4 is 22.5 Å². The summed E-state index contributed by atoms with van der Waals surface area (Å²) in [5.41, 5.74) is 20.4. The minimum atomic E-state index is -3.93. The number of alkyl carbamates (subject to hydrolysis) is 1. The first-order valence-electron chi connectivity index (χ1n) is 28.6. The second kappa shape index (κ2) is 37.3. The van der Waals surface area contributed by atoms with Gasteiger partial charge < -0.3 is 61.2 Å². The van der Waals surface area contributed by atoms with E-state index in [0.717, 1.165) is 24.0 Å². The molecule has 0 aliphatic carbocycles. The van der Waals surface area contributed by atoms with Crippen molar-refractivity contribution in [3.05, 3.63) is 120 Å². The predicted molar refractivity (Wildman–Crippen MR) is 364 cm³/mol. The number of imide groups is 1. The maximum absolute atomic E-state index is 13.5. The zero-order valence-electron chi connectivity index (χ0n) is 49.6. The normalized spacial score (nSPS) is 21.7. The van der Waals surface area contributed by atoms with Crippen molar-refractivity contribution in [1.82, 2.24) is 19.0 Å². The molecule has 0 radical (unpaired) electrons. The first-order valence-corrected chi connectivity index (χ1v) is 45.0. The summed E-state index contributed by atoms with van der Waals surface area (Å²) in [6.07, 6.45) is -3.22. The molecule has 4 aromatic carbocycles. The average molecular weight is 1770 g/mol. The van der Waals surface area contributed by atoms with Crippen LogP contribution in [0.3, 0.4) is 0 Å². The van der Waals surface area contributed by atoms with Crippen LogP contribution in [0.5, 0.6) is 0 Å². The summed E-state index contributed by atoms with van der Waals surface area (Å²) in [6.45, 7) is 9.47. The topological polar surface area (TPSA) is 341 Å². The molecule has 5 heterocycles. The van der Waals surface area contributed by atoms with Gasteiger partial charge in [0, 0.05) is 56.4 Å². The number of carbonyl (C=O) groups is 4. The van der Waals surface area contributed by atoms with Gasteiger partial charge in [-0.25, -0.2) is 26.4 Å². The molecule has 89 heavy (non-hydrogen) atoms. The average Bonchev–Trinajstić information content (AvgIpc) is 3.21. The monoisotopic (exact) mass is 1770 g/mol. The number of fused-ring (bicyclic) bond motifs is 2. The molecule has 0 unspecified atom stereocenters. The van der Waals surface area contributed by atoms with Gasteiger partial charge in [-0.2, -0.15) is 8.61 Å². The number of sulfonamides is 2. The summed E-state index contributed by atoms with van der Waals surface area (Å²) in [5.74, 6) is -1.01.